The van der Waals surface area contributed by atoms with E-state index in [0.29, 0.717) is 10.8 Å². The van der Waals surface area contributed by atoms with Gasteiger partial charge in [0.15, 0.2) is 0 Å². The fraction of sp³-hybridized carbons (Fsp3) is 0. The van der Waals surface area contributed by atoms with E-state index >= 15 is 0 Å². The van der Waals surface area contributed by atoms with E-state index in [1.807, 2.05) is 30.3 Å². The summed E-state index contributed by atoms with van der Waals surface area (Å²) in [5, 5.41) is 20.6. The van der Waals surface area contributed by atoms with Crippen LogP contribution in [0.25, 0.3) is 17.5 Å². The minimum atomic E-state index is -0.481. The Balaban J connectivity index is 1.63. The monoisotopic (exact) mass is 342 g/mol. The van der Waals surface area contributed by atoms with Gasteiger partial charge in [-0.1, -0.05) is 34.6 Å². The maximum atomic E-state index is 11.8. The molecule has 0 aliphatic carbocycles. The van der Waals surface area contributed by atoms with Gasteiger partial charge in [0.05, 0.1) is 4.92 Å². The topological polar surface area (TPSA) is 111 Å². The number of rotatable bonds is 5. The molecule has 0 radical (unpaired) electrons. The average Bonchev–Trinajstić information content (AvgIpc) is 3.23. The van der Waals surface area contributed by atoms with Crippen LogP contribution in [-0.4, -0.2) is 21.0 Å². The molecule has 0 saturated heterocycles. The van der Waals surface area contributed by atoms with Gasteiger partial charge in [-0.3, -0.25) is 20.2 Å². The summed E-state index contributed by atoms with van der Waals surface area (Å²) >= 11 is 0.973. The van der Waals surface area contributed by atoms with Crippen LogP contribution in [0.4, 0.5) is 11.0 Å². The SMILES string of the molecule is O=C(C=Cc1ccc([N+](=O)[O-])s1)Nc1nnc(-c2ccccc2)o1. The van der Waals surface area contributed by atoms with Crippen molar-refractivity contribution in [1.82, 2.24) is 10.2 Å². The van der Waals surface area contributed by atoms with Gasteiger partial charge in [-0.2, -0.15) is 0 Å². The van der Waals surface area contributed by atoms with Crippen molar-refractivity contribution in [2.24, 2.45) is 0 Å². The summed E-state index contributed by atoms with van der Waals surface area (Å²) in [5.74, 6) is -0.182. The lowest BCUT2D eigenvalue weighted by Crippen LogP contribution is -2.07. The quantitative estimate of drug-likeness (QED) is 0.432. The molecule has 0 atom stereocenters. The Morgan fingerprint density at radius 1 is 1.21 bits per heavy atom. The Morgan fingerprint density at radius 3 is 2.71 bits per heavy atom. The van der Waals surface area contributed by atoms with Gasteiger partial charge in [-0.25, -0.2) is 0 Å². The first kappa shape index (κ1) is 15.6. The number of benzene rings is 1. The first-order valence-electron chi connectivity index (χ1n) is 6.74. The molecular formula is C15H10N4O4S. The normalized spacial score (nSPS) is 10.8. The third-order valence-corrected chi connectivity index (χ3v) is 3.87. The van der Waals surface area contributed by atoms with Gasteiger partial charge in [0, 0.05) is 22.6 Å². The molecule has 0 fully saturated rings. The van der Waals surface area contributed by atoms with Gasteiger partial charge in [0.25, 0.3) is 5.91 Å². The molecule has 0 unspecified atom stereocenters. The first-order chi connectivity index (χ1) is 11.6. The van der Waals surface area contributed by atoms with Crippen LogP contribution < -0.4 is 5.32 Å². The molecule has 3 rings (SSSR count). The van der Waals surface area contributed by atoms with Gasteiger partial charge in [-0.05, 0) is 24.3 Å². The summed E-state index contributed by atoms with van der Waals surface area (Å²) in [7, 11) is 0. The van der Waals surface area contributed by atoms with Crippen LogP contribution in [0.15, 0.2) is 53.0 Å². The molecule has 1 N–H and O–H groups in total. The summed E-state index contributed by atoms with van der Waals surface area (Å²) in [4.78, 5) is 22.5. The molecule has 1 aromatic carbocycles. The van der Waals surface area contributed by atoms with Crippen LogP contribution in [-0.2, 0) is 4.79 Å². The molecular weight excluding hydrogens is 332 g/mol. The lowest BCUT2D eigenvalue weighted by atomic mass is 10.2. The standard InChI is InChI=1S/C15H10N4O4S/c20-12(8-6-11-7-9-13(24-11)19(21)22)16-15-18-17-14(23-15)10-4-2-1-3-5-10/h1-9H,(H,16,18,20). The van der Waals surface area contributed by atoms with Crippen LogP contribution in [0, 0.1) is 10.1 Å². The van der Waals surface area contributed by atoms with E-state index in [1.54, 1.807) is 6.07 Å². The minimum Gasteiger partial charge on any atom is -0.403 e. The van der Waals surface area contributed by atoms with Crippen molar-refractivity contribution in [3.63, 3.8) is 0 Å². The zero-order chi connectivity index (χ0) is 16.9. The number of aromatic nitrogens is 2. The molecule has 0 aliphatic rings. The second-order valence-electron chi connectivity index (χ2n) is 4.53. The number of hydrogen-bond donors (Lipinski definition) is 1. The first-order valence-corrected chi connectivity index (χ1v) is 7.56. The number of anilines is 1. The van der Waals surface area contributed by atoms with Crippen molar-refractivity contribution in [2.75, 3.05) is 5.32 Å². The molecule has 0 spiro atoms. The van der Waals surface area contributed by atoms with Crippen molar-refractivity contribution in [2.45, 2.75) is 0 Å². The molecule has 9 heteroatoms. The van der Waals surface area contributed by atoms with Gasteiger partial charge in [0.1, 0.15) is 0 Å². The zero-order valence-corrected chi connectivity index (χ0v) is 12.9. The van der Waals surface area contributed by atoms with Crippen LogP contribution >= 0.6 is 11.3 Å². The smallest absolute Gasteiger partial charge is 0.324 e. The molecule has 120 valence electrons. The van der Waals surface area contributed by atoms with E-state index in [0.717, 1.165) is 16.9 Å². The summed E-state index contributed by atoms with van der Waals surface area (Å²) in [6.45, 7) is 0. The summed E-state index contributed by atoms with van der Waals surface area (Å²) in [6.07, 6.45) is 2.71. The van der Waals surface area contributed by atoms with E-state index < -0.39 is 10.8 Å². The minimum absolute atomic E-state index is 0.0134. The Morgan fingerprint density at radius 2 is 2.00 bits per heavy atom. The van der Waals surface area contributed by atoms with Crippen molar-refractivity contribution in [3.8, 4) is 11.5 Å². The third kappa shape index (κ3) is 3.70. The number of nitrogens with one attached hydrogen (secondary N) is 1. The fourth-order valence-electron chi connectivity index (χ4n) is 1.81. The van der Waals surface area contributed by atoms with E-state index in [2.05, 4.69) is 15.5 Å². The number of carbonyl (C=O) groups excluding carboxylic acids is 1. The van der Waals surface area contributed by atoms with Gasteiger partial charge in [0.2, 0.25) is 5.89 Å². The number of nitro groups is 1. The number of nitrogens with zero attached hydrogens (tertiary/aromatic N) is 3. The average molecular weight is 342 g/mol. The van der Waals surface area contributed by atoms with E-state index in [1.165, 1.54) is 18.2 Å². The maximum Gasteiger partial charge on any atom is 0.324 e. The molecule has 0 saturated carbocycles. The maximum absolute atomic E-state index is 11.8. The second-order valence-corrected chi connectivity index (χ2v) is 5.63. The highest BCUT2D eigenvalue weighted by molar-refractivity contribution is 7.16. The molecule has 0 bridgehead atoms. The molecule has 24 heavy (non-hydrogen) atoms. The Kier molecular flexibility index (Phi) is 4.43. The van der Waals surface area contributed by atoms with Gasteiger partial charge in [-0.15, -0.1) is 5.10 Å². The van der Waals surface area contributed by atoms with E-state index in [4.69, 9.17) is 4.42 Å². The summed E-state index contributed by atoms with van der Waals surface area (Å²) in [5.41, 5.74) is 0.743. The highest BCUT2D eigenvalue weighted by Crippen LogP contribution is 2.25. The molecule has 2 aromatic heterocycles. The van der Waals surface area contributed by atoms with Crippen molar-refractivity contribution >= 4 is 34.3 Å². The summed E-state index contributed by atoms with van der Waals surface area (Å²) in [6, 6.07) is 12.1. The number of thiophene rings is 1. The van der Waals surface area contributed by atoms with E-state index in [9.17, 15) is 14.9 Å². The molecule has 2 heterocycles. The molecule has 0 aliphatic heterocycles. The molecule has 8 nitrogen and oxygen atoms in total. The van der Waals surface area contributed by atoms with Crippen LogP contribution in [0.2, 0.25) is 0 Å². The Hall–Kier alpha value is -3.33. The largest absolute Gasteiger partial charge is 0.403 e. The lowest BCUT2D eigenvalue weighted by Gasteiger charge is -1.94. The number of carbonyl (C=O) groups is 1. The fourth-order valence-corrected chi connectivity index (χ4v) is 2.53. The Labute approximate surface area is 139 Å². The predicted octanol–water partition coefficient (Wildman–Crippen LogP) is 3.36. The zero-order valence-electron chi connectivity index (χ0n) is 12.1. The predicted molar refractivity (Wildman–Crippen MR) is 88.4 cm³/mol. The van der Waals surface area contributed by atoms with Gasteiger partial charge >= 0.3 is 11.0 Å². The lowest BCUT2D eigenvalue weighted by molar-refractivity contribution is -0.380. The number of amides is 1. The number of hydrogen-bond acceptors (Lipinski definition) is 7. The van der Waals surface area contributed by atoms with Crippen LogP contribution in [0.3, 0.4) is 0 Å². The molecule has 3 aromatic rings. The second kappa shape index (κ2) is 6.84. The third-order valence-electron chi connectivity index (χ3n) is 2.87. The van der Waals surface area contributed by atoms with E-state index in [-0.39, 0.29) is 11.0 Å². The Bertz CT molecular complexity index is 901. The van der Waals surface area contributed by atoms with Gasteiger partial charge < -0.3 is 4.42 Å². The molecule has 1 amide bonds. The van der Waals surface area contributed by atoms with Crippen molar-refractivity contribution in [3.05, 3.63) is 63.5 Å². The highest BCUT2D eigenvalue weighted by atomic mass is 32.1. The van der Waals surface area contributed by atoms with Crippen molar-refractivity contribution in [1.29, 1.82) is 0 Å². The highest BCUT2D eigenvalue weighted by Gasteiger charge is 2.10. The van der Waals surface area contributed by atoms with Crippen LogP contribution in [0.5, 0.6) is 0 Å². The van der Waals surface area contributed by atoms with Crippen molar-refractivity contribution < 1.29 is 14.1 Å². The van der Waals surface area contributed by atoms with Crippen LogP contribution in [0.1, 0.15) is 4.88 Å². The summed E-state index contributed by atoms with van der Waals surface area (Å²) < 4.78 is 5.35.